The molecular formula is C45H42O3. The van der Waals surface area contributed by atoms with Gasteiger partial charge in [0.2, 0.25) is 0 Å². The number of fused-ring (bicyclic) bond motifs is 5. The van der Waals surface area contributed by atoms with Crippen LogP contribution in [0.15, 0.2) is 89.3 Å². The van der Waals surface area contributed by atoms with Gasteiger partial charge < -0.3 is 9.52 Å². The molecule has 0 saturated heterocycles. The number of rotatable bonds is 2. The predicted octanol–water partition coefficient (Wildman–Crippen LogP) is 12.9. The van der Waals surface area contributed by atoms with Crippen molar-refractivity contribution in [1.82, 2.24) is 0 Å². The van der Waals surface area contributed by atoms with Crippen molar-refractivity contribution in [3.63, 3.8) is 0 Å². The fraction of sp³-hybridized carbons (Fsp3) is 0.267. The van der Waals surface area contributed by atoms with Crippen molar-refractivity contribution >= 4 is 71.0 Å². The van der Waals surface area contributed by atoms with Crippen LogP contribution in [0.25, 0.3) is 76.2 Å². The number of furan rings is 1. The first-order valence-electron chi connectivity index (χ1n) is 16.9. The van der Waals surface area contributed by atoms with Crippen molar-refractivity contribution in [2.24, 2.45) is 0 Å². The molecule has 1 aromatic heterocycles. The van der Waals surface area contributed by atoms with E-state index in [9.17, 15) is 9.90 Å². The summed E-state index contributed by atoms with van der Waals surface area (Å²) in [5, 5.41) is 22.0. The molecule has 0 spiro atoms. The largest absolute Gasteiger partial charge is 0.478 e. The van der Waals surface area contributed by atoms with Gasteiger partial charge in [-0.15, -0.1) is 0 Å². The average Bonchev–Trinajstić information content (AvgIpc) is 3.39. The van der Waals surface area contributed by atoms with Crippen LogP contribution in [0.1, 0.15) is 89.4 Å². The normalized spacial score (nSPS) is 13.3. The van der Waals surface area contributed by atoms with Gasteiger partial charge in [-0.05, 0) is 124 Å². The van der Waals surface area contributed by atoms with Crippen molar-refractivity contribution in [2.45, 2.75) is 78.6 Å². The summed E-state index contributed by atoms with van der Waals surface area (Å²) >= 11 is 0. The lowest BCUT2D eigenvalue weighted by molar-refractivity contribution is 0.0697. The van der Waals surface area contributed by atoms with E-state index in [2.05, 4.69) is 129 Å². The topological polar surface area (TPSA) is 50.4 Å². The summed E-state index contributed by atoms with van der Waals surface area (Å²) in [6.07, 6.45) is 0. The third-order valence-corrected chi connectivity index (χ3v) is 10.4. The Bertz CT molecular complexity index is 2560. The number of hydrogen-bond acceptors (Lipinski definition) is 2. The maximum atomic E-state index is 12.5. The van der Waals surface area contributed by atoms with Gasteiger partial charge in [-0.2, -0.15) is 0 Å². The van der Waals surface area contributed by atoms with Gasteiger partial charge in [0, 0.05) is 10.8 Å². The minimum atomic E-state index is -0.971. The molecule has 3 heteroatoms. The van der Waals surface area contributed by atoms with Gasteiger partial charge in [-0.25, -0.2) is 4.79 Å². The Balaban J connectivity index is 1.55. The van der Waals surface area contributed by atoms with E-state index in [-0.39, 0.29) is 21.8 Å². The second kappa shape index (κ2) is 9.82. The molecule has 0 aliphatic rings. The highest BCUT2D eigenvalue weighted by atomic mass is 16.4. The Morgan fingerprint density at radius 2 is 1.08 bits per heavy atom. The number of hydrogen-bond donors (Lipinski definition) is 1. The zero-order valence-electron chi connectivity index (χ0n) is 29.3. The third kappa shape index (κ3) is 4.51. The van der Waals surface area contributed by atoms with Gasteiger partial charge in [-0.3, -0.25) is 0 Å². The summed E-state index contributed by atoms with van der Waals surface area (Å²) in [6, 6.07) is 30.5. The van der Waals surface area contributed by atoms with Gasteiger partial charge in [-0.1, -0.05) is 111 Å². The Hall–Kier alpha value is -4.89. The maximum Gasteiger partial charge on any atom is 0.335 e. The van der Waals surface area contributed by atoms with Crippen molar-refractivity contribution in [2.75, 3.05) is 0 Å². The molecule has 48 heavy (non-hydrogen) atoms. The standard InChI is InChI=1S/C45H42O3/c1-43(2,3)26-13-16-37-36(21-26)41-33(19-25(42(46)47)20-38(41)48-37)29-14-15-32-35-23-28(45(7,8)9)18-24-17-27(44(4,5)6)22-34(39(24)35)31-12-10-11-30(29)40(31)32/h10-23H,1-9H3,(H,46,47). The Labute approximate surface area is 281 Å². The summed E-state index contributed by atoms with van der Waals surface area (Å²) in [5.74, 6) is -0.971. The fourth-order valence-corrected chi connectivity index (χ4v) is 7.61. The van der Waals surface area contributed by atoms with Crippen LogP contribution in [0.3, 0.4) is 0 Å². The van der Waals surface area contributed by atoms with Crippen LogP contribution in [0.4, 0.5) is 0 Å². The molecular weight excluding hydrogens is 588 g/mol. The minimum absolute atomic E-state index is 0.0181. The van der Waals surface area contributed by atoms with E-state index in [4.69, 9.17) is 4.42 Å². The van der Waals surface area contributed by atoms with Gasteiger partial charge in [0.1, 0.15) is 11.2 Å². The Morgan fingerprint density at radius 1 is 0.500 bits per heavy atom. The van der Waals surface area contributed by atoms with Crippen molar-refractivity contribution in [3.8, 4) is 11.1 Å². The van der Waals surface area contributed by atoms with E-state index in [1.165, 1.54) is 54.4 Å². The fourth-order valence-electron chi connectivity index (χ4n) is 7.61. The summed E-state index contributed by atoms with van der Waals surface area (Å²) in [4.78, 5) is 12.5. The first-order valence-corrected chi connectivity index (χ1v) is 16.9. The van der Waals surface area contributed by atoms with Crippen LogP contribution in [-0.2, 0) is 16.2 Å². The minimum Gasteiger partial charge on any atom is -0.478 e. The molecule has 8 rings (SSSR count). The van der Waals surface area contributed by atoms with E-state index in [1.807, 2.05) is 12.1 Å². The molecule has 7 aromatic carbocycles. The molecule has 0 unspecified atom stereocenters. The molecule has 0 radical (unpaired) electrons. The van der Waals surface area contributed by atoms with E-state index in [0.717, 1.165) is 32.9 Å². The van der Waals surface area contributed by atoms with Gasteiger partial charge >= 0.3 is 5.97 Å². The monoisotopic (exact) mass is 630 g/mol. The van der Waals surface area contributed by atoms with Gasteiger partial charge in [0.05, 0.1) is 5.56 Å². The summed E-state index contributed by atoms with van der Waals surface area (Å²) < 4.78 is 6.38. The van der Waals surface area contributed by atoms with Crippen molar-refractivity contribution < 1.29 is 14.3 Å². The number of carbonyl (C=O) groups is 1. The molecule has 8 aromatic rings. The van der Waals surface area contributed by atoms with E-state index >= 15 is 0 Å². The highest BCUT2D eigenvalue weighted by Gasteiger charge is 2.25. The molecule has 0 bridgehead atoms. The molecule has 240 valence electrons. The van der Waals surface area contributed by atoms with E-state index in [0.29, 0.717) is 5.58 Å². The quantitative estimate of drug-likeness (QED) is 0.153. The predicted molar refractivity (Wildman–Crippen MR) is 203 cm³/mol. The number of aromatic carboxylic acids is 1. The van der Waals surface area contributed by atoms with Gasteiger partial charge in [0.15, 0.2) is 0 Å². The molecule has 0 aliphatic heterocycles. The molecule has 0 amide bonds. The lowest BCUT2D eigenvalue weighted by atomic mass is 9.78. The highest BCUT2D eigenvalue weighted by Crippen LogP contribution is 2.48. The SMILES string of the molecule is CC(C)(C)c1ccc2oc3cc(C(=O)O)cc(-c4ccc5c6cc(C(C)(C)C)cc7cc(C(C)(C)C)cc(c8cccc4c85)c76)c3c2c1. The van der Waals surface area contributed by atoms with Crippen molar-refractivity contribution in [1.29, 1.82) is 0 Å². The van der Waals surface area contributed by atoms with E-state index < -0.39 is 5.97 Å². The molecule has 1 N–H and O–H groups in total. The number of carboxylic acids is 1. The van der Waals surface area contributed by atoms with Crippen LogP contribution in [-0.4, -0.2) is 11.1 Å². The average molecular weight is 631 g/mol. The summed E-state index contributed by atoms with van der Waals surface area (Å²) in [6.45, 7) is 20.3. The molecule has 0 atom stereocenters. The zero-order valence-corrected chi connectivity index (χ0v) is 29.3. The van der Waals surface area contributed by atoms with Crippen LogP contribution < -0.4 is 0 Å². The summed E-state index contributed by atoms with van der Waals surface area (Å²) in [5.41, 5.74) is 7.19. The van der Waals surface area contributed by atoms with E-state index in [1.54, 1.807) is 6.07 Å². The van der Waals surface area contributed by atoms with Crippen LogP contribution in [0.5, 0.6) is 0 Å². The Kier molecular flexibility index (Phi) is 6.23. The van der Waals surface area contributed by atoms with Crippen molar-refractivity contribution in [3.05, 3.63) is 107 Å². The first kappa shape index (κ1) is 30.4. The lowest BCUT2D eigenvalue weighted by Gasteiger charge is -2.25. The number of carboxylic acid groups (broad SMARTS) is 1. The van der Waals surface area contributed by atoms with Crippen LogP contribution in [0, 0.1) is 0 Å². The Morgan fingerprint density at radius 3 is 1.69 bits per heavy atom. The molecule has 0 aliphatic carbocycles. The first-order chi connectivity index (χ1) is 22.5. The van der Waals surface area contributed by atoms with Gasteiger partial charge in [0.25, 0.3) is 0 Å². The second-order valence-corrected chi connectivity index (χ2v) is 16.8. The zero-order chi connectivity index (χ0) is 34.1. The van der Waals surface area contributed by atoms with Crippen LogP contribution >= 0.6 is 0 Å². The second-order valence-electron chi connectivity index (χ2n) is 16.8. The molecule has 0 saturated carbocycles. The summed E-state index contributed by atoms with van der Waals surface area (Å²) in [7, 11) is 0. The lowest BCUT2D eigenvalue weighted by Crippen LogP contribution is -2.12. The maximum absolute atomic E-state index is 12.5. The van der Waals surface area contributed by atoms with Crippen LogP contribution in [0.2, 0.25) is 0 Å². The number of benzene rings is 7. The smallest absolute Gasteiger partial charge is 0.335 e. The molecule has 0 fully saturated rings. The molecule has 3 nitrogen and oxygen atoms in total. The molecule has 1 heterocycles. The third-order valence-electron chi connectivity index (χ3n) is 10.4. The highest BCUT2D eigenvalue weighted by molar-refractivity contribution is 6.35.